The predicted molar refractivity (Wildman–Crippen MR) is 110 cm³/mol. The zero-order chi connectivity index (χ0) is 20.4. The van der Waals surface area contributed by atoms with E-state index in [1.54, 1.807) is 17.5 Å². The lowest BCUT2D eigenvalue weighted by Crippen LogP contribution is -2.53. The summed E-state index contributed by atoms with van der Waals surface area (Å²) in [7, 11) is -3.48. The van der Waals surface area contributed by atoms with Gasteiger partial charge >= 0.3 is 0 Å². The average Bonchev–Trinajstić information content (AvgIpc) is 3.37. The third-order valence-electron chi connectivity index (χ3n) is 5.49. The Hall–Kier alpha value is -2.07. The summed E-state index contributed by atoms with van der Waals surface area (Å²) in [6.45, 7) is 1.91. The normalized spacial score (nSPS) is 21.8. The monoisotopic (exact) mass is 433 g/mol. The maximum atomic E-state index is 12.8. The molecule has 2 aliphatic heterocycles. The Bertz CT molecular complexity index is 968. The molecule has 2 aromatic rings. The van der Waals surface area contributed by atoms with E-state index in [9.17, 15) is 18.0 Å². The van der Waals surface area contributed by atoms with Crippen molar-refractivity contribution >= 4 is 33.2 Å². The Morgan fingerprint density at radius 2 is 1.69 bits per heavy atom. The van der Waals surface area contributed by atoms with E-state index in [2.05, 4.69) is 0 Å². The molecule has 4 rings (SSSR count). The Morgan fingerprint density at radius 1 is 0.966 bits per heavy atom. The second-order valence-corrected chi connectivity index (χ2v) is 10.3. The van der Waals surface area contributed by atoms with Crippen molar-refractivity contribution in [3.63, 3.8) is 0 Å². The van der Waals surface area contributed by atoms with E-state index >= 15 is 0 Å². The van der Waals surface area contributed by atoms with E-state index in [0.717, 1.165) is 5.56 Å². The van der Waals surface area contributed by atoms with Crippen molar-refractivity contribution in [2.75, 3.05) is 32.7 Å². The summed E-state index contributed by atoms with van der Waals surface area (Å²) < 4.78 is 27.1. The summed E-state index contributed by atoms with van der Waals surface area (Å²) in [6, 6.07) is 12.6. The highest BCUT2D eigenvalue weighted by molar-refractivity contribution is 7.91. The molecule has 1 aromatic heterocycles. The van der Waals surface area contributed by atoms with Crippen LogP contribution in [0.3, 0.4) is 0 Å². The summed E-state index contributed by atoms with van der Waals surface area (Å²) >= 11 is 1.21. The topological polar surface area (TPSA) is 78.0 Å². The van der Waals surface area contributed by atoms with Crippen LogP contribution < -0.4 is 0 Å². The van der Waals surface area contributed by atoms with Gasteiger partial charge in [0.15, 0.2) is 0 Å². The molecule has 154 valence electrons. The molecule has 0 bridgehead atoms. The lowest BCUT2D eigenvalue weighted by molar-refractivity contribution is -0.139. The minimum atomic E-state index is -3.48. The standard InChI is InChI=1S/C20H23N3O4S2/c24-18-15-17(20(25)23(18)9-8-16-5-2-1-3-6-16)21-10-12-22(13-11-21)29(26,27)19-7-4-14-28-19/h1-7,14,17H,8-13,15H2/t17-/m1/s1. The molecule has 2 saturated heterocycles. The first-order valence-corrected chi connectivity index (χ1v) is 11.9. The third kappa shape index (κ3) is 4.13. The minimum absolute atomic E-state index is 0.149. The van der Waals surface area contributed by atoms with Gasteiger partial charge < -0.3 is 0 Å². The van der Waals surface area contributed by atoms with Crippen molar-refractivity contribution in [1.29, 1.82) is 0 Å². The number of hydrogen-bond acceptors (Lipinski definition) is 6. The first kappa shape index (κ1) is 20.2. The van der Waals surface area contributed by atoms with Crippen LogP contribution in [0.4, 0.5) is 0 Å². The number of imide groups is 1. The first-order valence-electron chi connectivity index (χ1n) is 9.62. The number of carbonyl (C=O) groups excluding carboxylic acids is 2. The zero-order valence-electron chi connectivity index (χ0n) is 15.9. The van der Waals surface area contributed by atoms with Crippen LogP contribution in [-0.2, 0) is 26.0 Å². The van der Waals surface area contributed by atoms with Gasteiger partial charge in [-0.3, -0.25) is 19.4 Å². The quantitative estimate of drug-likeness (QED) is 0.644. The van der Waals surface area contributed by atoms with Gasteiger partial charge in [0.2, 0.25) is 11.8 Å². The number of hydrogen-bond donors (Lipinski definition) is 0. The van der Waals surface area contributed by atoms with Gasteiger partial charge in [0, 0.05) is 32.7 Å². The molecule has 9 heteroatoms. The van der Waals surface area contributed by atoms with E-state index in [1.807, 2.05) is 35.2 Å². The van der Waals surface area contributed by atoms with E-state index in [4.69, 9.17) is 0 Å². The van der Waals surface area contributed by atoms with Gasteiger partial charge in [-0.1, -0.05) is 36.4 Å². The van der Waals surface area contributed by atoms with Gasteiger partial charge in [-0.05, 0) is 23.4 Å². The lowest BCUT2D eigenvalue weighted by atomic mass is 10.1. The lowest BCUT2D eigenvalue weighted by Gasteiger charge is -2.36. The van der Waals surface area contributed by atoms with E-state index in [1.165, 1.54) is 20.5 Å². The van der Waals surface area contributed by atoms with Gasteiger partial charge in [0.25, 0.3) is 10.0 Å². The predicted octanol–water partition coefficient (Wildman–Crippen LogP) is 1.42. The fourth-order valence-corrected chi connectivity index (χ4v) is 6.43. The van der Waals surface area contributed by atoms with Crippen molar-refractivity contribution in [3.8, 4) is 0 Å². The number of nitrogens with zero attached hydrogens (tertiary/aromatic N) is 3. The molecule has 0 aliphatic carbocycles. The third-order valence-corrected chi connectivity index (χ3v) is 8.76. The minimum Gasteiger partial charge on any atom is -0.289 e. The smallest absolute Gasteiger partial charge is 0.252 e. The summed E-state index contributed by atoms with van der Waals surface area (Å²) in [5.74, 6) is -0.315. The Labute approximate surface area is 174 Å². The highest BCUT2D eigenvalue weighted by Gasteiger charge is 2.43. The second kappa shape index (κ2) is 8.35. The molecule has 0 N–H and O–H groups in total. The molecule has 2 aliphatic rings. The summed E-state index contributed by atoms with van der Waals surface area (Å²) in [6.07, 6.45) is 0.809. The van der Waals surface area contributed by atoms with Crippen molar-refractivity contribution in [2.45, 2.75) is 23.1 Å². The molecule has 7 nitrogen and oxygen atoms in total. The van der Waals surface area contributed by atoms with Crippen molar-refractivity contribution in [3.05, 3.63) is 53.4 Å². The molecular weight excluding hydrogens is 410 g/mol. The van der Waals surface area contributed by atoms with Crippen LogP contribution in [0.2, 0.25) is 0 Å². The number of rotatable bonds is 6. The van der Waals surface area contributed by atoms with Gasteiger partial charge in [0.05, 0.1) is 12.5 Å². The van der Waals surface area contributed by atoms with Crippen LogP contribution in [0.25, 0.3) is 0 Å². The number of sulfonamides is 1. The largest absolute Gasteiger partial charge is 0.289 e. The van der Waals surface area contributed by atoms with Gasteiger partial charge in [0.1, 0.15) is 4.21 Å². The number of amides is 2. The number of likely N-dealkylation sites (tertiary alicyclic amines) is 1. The maximum Gasteiger partial charge on any atom is 0.252 e. The molecule has 0 radical (unpaired) electrons. The molecule has 2 amide bonds. The summed E-state index contributed by atoms with van der Waals surface area (Å²) in [4.78, 5) is 28.5. The fraction of sp³-hybridized carbons (Fsp3) is 0.400. The van der Waals surface area contributed by atoms with Crippen LogP contribution in [0.15, 0.2) is 52.1 Å². The molecule has 0 spiro atoms. The van der Waals surface area contributed by atoms with Crippen LogP contribution in [0, 0.1) is 0 Å². The highest BCUT2D eigenvalue weighted by Crippen LogP contribution is 2.25. The number of carbonyl (C=O) groups is 2. The van der Waals surface area contributed by atoms with E-state index in [-0.39, 0.29) is 18.2 Å². The Kier molecular flexibility index (Phi) is 5.82. The number of thiophene rings is 1. The first-order chi connectivity index (χ1) is 14.0. The van der Waals surface area contributed by atoms with Gasteiger partial charge in [-0.15, -0.1) is 11.3 Å². The van der Waals surface area contributed by atoms with E-state index < -0.39 is 16.1 Å². The molecule has 0 unspecified atom stereocenters. The molecule has 3 heterocycles. The average molecular weight is 434 g/mol. The van der Waals surface area contributed by atoms with E-state index in [0.29, 0.717) is 43.4 Å². The highest BCUT2D eigenvalue weighted by atomic mass is 32.2. The molecule has 1 atom stereocenters. The van der Waals surface area contributed by atoms with Gasteiger partial charge in [-0.25, -0.2) is 8.42 Å². The SMILES string of the molecule is O=C1C[C@@H](N2CCN(S(=O)(=O)c3cccs3)CC2)C(=O)N1CCc1ccccc1. The van der Waals surface area contributed by atoms with Gasteiger partial charge in [-0.2, -0.15) is 4.31 Å². The maximum absolute atomic E-state index is 12.8. The Morgan fingerprint density at radius 3 is 2.34 bits per heavy atom. The van der Waals surface area contributed by atoms with Crippen molar-refractivity contribution in [2.24, 2.45) is 0 Å². The second-order valence-electron chi connectivity index (χ2n) is 7.21. The fourth-order valence-electron chi connectivity index (χ4n) is 3.86. The number of piperazine rings is 1. The van der Waals surface area contributed by atoms with Crippen LogP contribution in [0.1, 0.15) is 12.0 Å². The van der Waals surface area contributed by atoms with Crippen molar-refractivity contribution < 1.29 is 18.0 Å². The van der Waals surface area contributed by atoms with Crippen LogP contribution in [0.5, 0.6) is 0 Å². The number of benzene rings is 1. The Balaban J connectivity index is 1.35. The molecule has 0 saturated carbocycles. The zero-order valence-corrected chi connectivity index (χ0v) is 17.6. The van der Waals surface area contributed by atoms with Crippen LogP contribution in [-0.4, -0.2) is 73.1 Å². The van der Waals surface area contributed by atoms with Crippen molar-refractivity contribution in [1.82, 2.24) is 14.1 Å². The molecule has 29 heavy (non-hydrogen) atoms. The molecular formula is C20H23N3O4S2. The summed E-state index contributed by atoms with van der Waals surface area (Å²) in [5.41, 5.74) is 1.09. The summed E-state index contributed by atoms with van der Waals surface area (Å²) in [5, 5.41) is 1.75. The molecule has 1 aromatic carbocycles. The van der Waals surface area contributed by atoms with Crippen LogP contribution >= 0.6 is 11.3 Å². The molecule has 2 fully saturated rings.